The predicted molar refractivity (Wildman–Crippen MR) is 105 cm³/mol. The van der Waals surface area contributed by atoms with E-state index >= 15 is 0 Å². The van der Waals surface area contributed by atoms with Crippen molar-refractivity contribution in [2.45, 2.75) is 13.8 Å². The third kappa shape index (κ3) is 3.82. The van der Waals surface area contributed by atoms with Crippen molar-refractivity contribution in [2.24, 2.45) is 0 Å². The number of rotatable bonds is 2. The van der Waals surface area contributed by atoms with Gasteiger partial charge in [-0.15, -0.1) is 0 Å². The van der Waals surface area contributed by atoms with E-state index in [0.717, 1.165) is 53.2 Å². The van der Waals surface area contributed by atoms with Gasteiger partial charge in [-0.3, -0.25) is 0 Å². The first kappa shape index (κ1) is 17.8. The van der Waals surface area contributed by atoms with Crippen LogP contribution < -0.4 is 4.90 Å². The smallest absolute Gasteiger partial charge is 0.169 e. The van der Waals surface area contributed by atoms with Crippen molar-refractivity contribution in [3.8, 4) is 11.1 Å². The van der Waals surface area contributed by atoms with Crippen LogP contribution in [0.2, 0.25) is 0 Å². The lowest BCUT2D eigenvalue weighted by molar-refractivity contribution is 0.312. The summed E-state index contributed by atoms with van der Waals surface area (Å²) in [5.41, 5.74) is 2.87. The van der Waals surface area contributed by atoms with Crippen molar-refractivity contribution in [2.75, 3.05) is 38.1 Å². The van der Waals surface area contributed by atoms with Gasteiger partial charge >= 0.3 is 0 Å². The van der Waals surface area contributed by atoms with Crippen LogP contribution >= 0.6 is 15.9 Å². The van der Waals surface area contributed by atoms with Crippen LogP contribution in [-0.4, -0.2) is 57.7 Å². The summed E-state index contributed by atoms with van der Waals surface area (Å²) < 4.78 is 2.67. The number of piperazine rings is 1. The van der Waals surface area contributed by atoms with E-state index in [1.807, 2.05) is 32.4 Å². The van der Waals surface area contributed by atoms with E-state index < -0.39 is 0 Å². The molecule has 0 aromatic carbocycles. The molecule has 132 valence electrons. The molecule has 3 aromatic rings. The molecule has 0 amide bonds. The second kappa shape index (κ2) is 7.93. The quantitative estimate of drug-likeness (QED) is 0.657. The van der Waals surface area contributed by atoms with E-state index in [4.69, 9.17) is 0 Å². The molecule has 0 atom stereocenters. The lowest BCUT2D eigenvalue weighted by Gasteiger charge is -2.33. The van der Waals surface area contributed by atoms with Crippen LogP contribution in [0.1, 0.15) is 13.8 Å². The van der Waals surface area contributed by atoms with Crippen LogP contribution in [0.25, 0.3) is 16.8 Å². The highest BCUT2D eigenvalue weighted by atomic mass is 79.9. The van der Waals surface area contributed by atoms with Gasteiger partial charge in [-0.25, -0.2) is 14.5 Å². The monoisotopic (exact) mass is 402 g/mol. The van der Waals surface area contributed by atoms with Gasteiger partial charge in [0, 0.05) is 55.9 Å². The van der Waals surface area contributed by atoms with Gasteiger partial charge in [0.05, 0.1) is 10.7 Å². The molecule has 7 heteroatoms. The van der Waals surface area contributed by atoms with Crippen LogP contribution in [0.15, 0.2) is 41.4 Å². The first-order chi connectivity index (χ1) is 12.2. The Morgan fingerprint density at radius 1 is 0.920 bits per heavy atom. The molecule has 1 fully saturated rings. The number of pyridine rings is 1. The molecule has 0 radical (unpaired) electrons. The molecule has 0 N–H and O–H groups in total. The number of likely N-dealkylation sites (N-methyl/N-ethyl adjacent to an activating group) is 1. The average molecular weight is 403 g/mol. The van der Waals surface area contributed by atoms with Gasteiger partial charge in [0.15, 0.2) is 5.65 Å². The SMILES string of the molecule is CC.CN1CCN(c2ccc(-c3cnc4c(Br)cnn4c3)cn2)CC1. The Hall–Kier alpha value is -1.99. The van der Waals surface area contributed by atoms with Crippen LogP contribution in [0.5, 0.6) is 0 Å². The van der Waals surface area contributed by atoms with Gasteiger partial charge in [0.25, 0.3) is 0 Å². The predicted octanol–water partition coefficient (Wildman–Crippen LogP) is 3.33. The minimum Gasteiger partial charge on any atom is -0.354 e. The Bertz CT molecular complexity index is 821. The summed E-state index contributed by atoms with van der Waals surface area (Å²) in [6.07, 6.45) is 7.49. The average Bonchev–Trinajstić information content (AvgIpc) is 3.05. The zero-order valence-electron chi connectivity index (χ0n) is 14.9. The Morgan fingerprint density at radius 2 is 1.64 bits per heavy atom. The van der Waals surface area contributed by atoms with E-state index in [-0.39, 0.29) is 0 Å². The Morgan fingerprint density at radius 3 is 2.32 bits per heavy atom. The van der Waals surface area contributed by atoms with Crippen LogP contribution in [0, 0.1) is 0 Å². The molecule has 4 heterocycles. The third-order valence-corrected chi connectivity index (χ3v) is 4.78. The molecule has 6 nitrogen and oxygen atoms in total. The molecule has 25 heavy (non-hydrogen) atoms. The summed E-state index contributed by atoms with van der Waals surface area (Å²) in [7, 11) is 2.16. The standard InChI is InChI=1S/C16H17BrN6.C2H6/c1-21-4-6-22(7-5-21)15-3-2-12(8-18-15)13-9-19-16-14(17)10-20-23(16)11-13;1-2/h2-3,8-11H,4-7H2,1H3;1-2H3. The first-order valence-electron chi connectivity index (χ1n) is 8.59. The highest BCUT2D eigenvalue weighted by molar-refractivity contribution is 9.10. The summed E-state index contributed by atoms with van der Waals surface area (Å²) in [4.78, 5) is 13.7. The number of anilines is 1. The van der Waals surface area contributed by atoms with Crippen molar-refractivity contribution in [1.82, 2.24) is 24.5 Å². The van der Waals surface area contributed by atoms with Crippen molar-refractivity contribution in [3.05, 3.63) is 41.4 Å². The topological polar surface area (TPSA) is 49.6 Å². The Balaban J connectivity index is 0.000000880. The van der Waals surface area contributed by atoms with Gasteiger partial charge in [0.1, 0.15) is 5.82 Å². The Kier molecular flexibility index (Phi) is 5.65. The van der Waals surface area contributed by atoms with E-state index in [9.17, 15) is 0 Å². The van der Waals surface area contributed by atoms with Gasteiger partial charge in [-0.2, -0.15) is 5.10 Å². The van der Waals surface area contributed by atoms with Crippen molar-refractivity contribution in [1.29, 1.82) is 0 Å². The number of aromatic nitrogens is 4. The molecule has 3 aromatic heterocycles. The zero-order valence-corrected chi connectivity index (χ0v) is 16.4. The maximum atomic E-state index is 4.63. The largest absolute Gasteiger partial charge is 0.354 e. The second-order valence-corrected chi connectivity index (χ2v) is 6.65. The molecule has 0 aliphatic carbocycles. The lowest BCUT2D eigenvalue weighted by Crippen LogP contribution is -2.44. The fraction of sp³-hybridized carbons (Fsp3) is 0.389. The van der Waals surface area contributed by atoms with Gasteiger partial charge in [-0.1, -0.05) is 13.8 Å². The number of hydrogen-bond acceptors (Lipinski definition) is 5. The number of hydrogen-bond donors (Lipinski definition) is 0. The Labute approximate surface area is 156 Å². The molecule has 1 aliphatic heterocycles. The summed E-state index contributed by atoms with van der Waals surface area (Å²) in [5, 5.41) is 4.28. The van der Waals surface area contributed by atoms with E-state index in [1.165, 1.54) is 0 Å². The molecule has 1 saturated heterocycles. The fourth-order valence-corrected chi connectivity index (χ4v) is 3.15. The summed E-state index contributed by atoms with van der Waals surface area (Å²) in [6.45, 7) is 8.21. The highest BCUT2D eigenvalue weighted by Crippen LogP contribution is 2.23. The van der Waals surface area contributed by atoms with E-state index in [2.05, 4.69) is 60.0 Å². The molecule has 0 spiro atoms. The lowest BCUT2D eigenvalue weighted by atomic mass is 10.1. The second-order valence-electron chi connectivity index (χ2n) is 5.80. The summed E-state index contributed by atoms with van der Waals surface area (Å²) >= 11 is 3.44. The molecule has 0 bridgehead atoms. The number of halogens is 1. The normalized spacial score (nSPS) is 15.1. The molecule has 0 unspecified atom stereocenters. The first-order valence-corrected chi connectivity index (χ1v) is 9.39. The van der Waals surface area contributed by atoms with Gasteiger partial charge < -0.3 is 9.80 Å². The van der Waals surface area contributed by atoms with Crippen LogP contribution in [0.4, 0.5) is 5.82 Å². The summed E-state index contributed by atoms with van der Waals surface area (Å²) in [6, 6.07) is 4.19. The molecule has 0 saturated carbocycles. The van der Waals surface area contributed by atoms with E-state index in [0.29, 0.717) is 0 Å². The molecular weight excluding hydrogens is 380 g/mol. The third-order valence-electron chi connectivity index (χ3n) is 4.22. The number of nitrogens with zero attached hydrogens (tertiary/aromatic N) is 6. The summed E-state index contributed by atoms with van der Waals surface area (Å²) in [5.74, 6) is 1.04. The fourth-order valence-electron chi connectivity index (χ4n) is 2.77. The van der Waals surface area contributed by atoms with Crippen LogP contribution in [0.3, 0.4) is 0 Å². The molecule has 1 aliphatic rings. The molecule has 4 rings (SSSR count). The minimum absolute atomic E-state index is 0.816. The van der Waals surface area contributed by atoms with Crippen molar-refractivity contribution >= 4 is 27.4 Å². The number of fused-ring (bicyclic) bond motifs is 1. The highest BCUT2D eigenvalue weighted by Gasteiger charge is 2.15. The minimum atomic E-state index is 0.816. The van der Waals surface area contributed by atoms with Gasteiger partial charge in [-0.05, 0) is 35.1 Å². The molecular formula is C18H23BrN6. The van der Waals surface area contributed by atoms with Crippen molar-refractivity contribution in [3.63, 3.8) is 0 Å². The van der Waals surface area contributed by atoms with Gasteiger partial charge in [0.2, 0.25) is 0 Å². The van der Waals surface area contributed by atoms with Crippen molar-refractivity contribution < 1.29 is 0 Å². The maximum Gasteiger partial charge on any atom is 0.169 e. The maximum absolute atomic E-state index is 4.63. The zero-order chi connectivity index (χ0) is 17.8. The van der Waals surface area contributed by atoms with Crippen LogP contribution in [-0.2, 0) is 0 Å². The van der Waals surface area contributed by atoms with E-state index in [1.54, 1.807) is 10.7 Å².